The zero-order valence-electron chi connectivity index (χ0n) is 27.2. The summed E-state index contributed by atoms with van der Waals surface area (Å²) in [6, 6.07) is 16.9. The maximum atomic E-state index is 15.1. The Bertz CT molecular complexity index is 1350. The summed E-state index contributed by atoms with van der Waals surface area (Å²) >= 11 is 0. The molecule has 1 heterocycles. The first kappa shape index (κ1) is 33.3. The Kier molecular flexibility index (Phi) is 11.2. The van der Waals surface area contributed by atoms with Crippen LogP contribution in [0.15, 0.2) is 54.7 Å². The Balaban J connectivity index is 1.63. The standard InChI is InChI=1S/C35H48FN2O4P/c1-23(2)38(24(3)4)21-28-17-25(13-16-30(28)31-19-33(39-7)37-20-32(31)36)22-42-29-12-10-11-27(18-29)34(26-14-15-26)35(5,6)43(40-8)41-9/h10-13,16-20,23-24,26,34H,14-15,21-22H2,1-9H3. The molecule has 0 aliphatic heterocycles. The second-order valence-corrected chi connectivity index (χ2v) is 14.9. The summed E-state index contributed by atoms with van der Waals surface area (Å²) in [5, 5.41) is -0.146. The lowest BCUT2D eigenvalue weighted by Crippen LogP contribution is -2.36. The van der Waals surface area contributed by atoms with Gasteiger partial charge in [-0.25, -0.2) is 9.37 Å². The number of hydrogen-bond donors (Lipinski definition) is 0. The average Bonchev–Trinajstić information content (AvgIpc) is 3.80. The summed E-state index contributed by atoms with van der Waals surface area (Å²) in [5.74, 6) is 1.78. The zero-order chi connectivity index (χ0) is 31.3. The van der Waals surface area contributed by atoms with Crippen LogP contribution < -0.4 is 9.47 Å². The van der Waals surface area contributed by atoms with Gasteiger partial charge in [0.1, 0.15) is 18.2 Å². The molecule has 6 nitrogen and oxygen atoms in total. The summed E-state index contributed by atoms with van der Waals surface area (Å²) in [6.45, 7) is 14.3. The summed E-state index contributed by atoms with van der Waals surface area (Å²) in [4.78, 5) is 6.44. The van der Waals surface area contributed by atoms with Crippen molar-refractivity contribution < 1.29 is 22.9 Å². The van der Waals surface area contributed by atoms with Gasteiger partial charge in [0.25, 0.3) is 0 Å². The van der Waals surface area contributed by atoms with Crippen molar-refractivity contribution in [1.29, 1.82) is 0 Å². The number of pyridine rings is 1. The molecule has 1 aromatic heterocycles. The van der Waals surface area contributed by atoms with Gasteiger partial charge in [0.2, 0.25) is 5.88 Å². The molecule has 1 aliphatic rings. The van der Waals surface area contributed by atoms with Crippen molar-refractivity contribution in [3.05, 3.63) is 77.2 Å². The molecule has 0 radical (unpaired) electrons. The fraction of sp³-hybridized carbons (Fsp3) is 0.514. The van der Waals surface area contributed by atoms with Gasteiger partial charge in [-0.05, 0) is 80.8 Å². The molecule has 0 bridgehead atoms. The maximum Gasteiger partial charge on any atom is 0.213 e. The van der Waals surface area contributed by atoms with Crippen LogP contribution in [0.2, 0.25) is 0 Å². The number of benzene rings is 2. The topological polar surface area (TPSA) is 53.1 Å². The van der Waals surface area contributed by atoms with Crippen LogP contribution in [0.1, 0.15) is 77.0 Å². The zero-order valence-corrected chi connectivity index (χ0v) is 28.1. The largest absolute Gasteiger partial charge is 0.489 e. The van der Waals surface area contributed by atoms with Crippen molar-refractivity contribution in [3.63, 3.8) is 0 Å². The third-order valence-electron chi connectivity index (χ3n) is 8.46. The highest BCUT2D eigenvalue weighted by atomic mass is 31.2. The molecule has 0 saturated heterocycles. The van der Waals surface area contributed by atoms with E-state index in [1.54, 1.807) is 27.4 Å². The van der Waals surface area contributed by atoms with Crippen LogP contribution in [0.3, 0.4) is 0 Å². The third kappa shape index (κ3) is 7.94. The SMILES string of the molecule is COc1cc(-c2ccc(COc3cccc(C(C4CC4)C(C)(C)P(OC)OC)c3)cc2CN(C(C)C)C(C)C)c(F)cn1. The highest BCUT2D eigenvalue weighted by Gasteiger charge is 2.47. The molecule has 4 rings (SSSR count). The van der Waals surface area contributed by atoms with Crippen molar-refractivity contribution in [2.75, 3.05) is 21.3 Å². The van der Waals surface area contributed by atoms with Crippen LogP contribution in [0.4, 0.5) is 4.39 Å². The van der Waals surface area contributed by atoms with Crippen molar-refractivity contribution in [2.45, 2.75) is 90.7 Å². The first-order valence-corrected chi connectivity index (χ1v) is 16.4. The highest BCUT2D eigenvalue weighted by molar-refractivity contribution is 7.49. The number of aromatic nitrogens is 1. The number of halogens is 1. The molecule has 234 valence electrons. The molecule has 0 N–H and O–H groups in total. The summed E-state index contributed by atoms with van der Waals surface area (Å²) in [6.07, 6.45) is 3.67. The van der Waals surface area contributed by atoms with E-state index in [4.69, 9.17) is 18.5 Å². The molecule has 1 unspecified atom stereocenters. The minimum atomic E-state index is -1.04. The van der Waals surface area contributed by atoms with Gasteiger partial charge in [-0.15, -0.1) is 0 Å². The monoisotopic (exact) mass is 610 g/mol. The predicted molar refractivity (Wildman–Crippen MR) is 173 cm³/mol. The molecular formula is C35H48FN2O4P. The Hall–Kier alpha value is -2.57. The van der Waals surface area contributed by atoms with E-state index in [0.29, 0.717) is 48.5 Å². The molecular weight excluding hydrogens is 562 g/mol. The molecule has 0 spiro atoms. The van der Waals surface area contributed by atoms with E-state index in [0.717, 1.165) is 22.4 Å². The number of ether oxygens (including phenoxy) is 2. The van der Waals surface area contributed by atoms with Gasteiger partial charge in [0.05, 0.1) is 13.3 Å². The Morgan fingerprint density at radius 1 is 0.953 bits per heavy atom. The molecule has 43 heavy (non-hydrogen) atoms. The predicted octanol–water partition coefficient (Wildman–Crippen LogP) is 8.97. The van der Waals surface area contributed by atoms with Gasteiger partial charge in [0, 0.05) is 55.6 Å². The molecule has 0 amide bonds. The third-order valence-corrected chi connectivity index (χ3v) is 10.3. The van der Waals surface area contributed by atoms with Crippen LogP contribution in [0.25, 0.3) is 11.1 Å². The van der Waals surface area contributed by atoms with E-state index in [1.165, 1.54) is 24.6 Å². The quantitative estimate of drug-likeness (QED) is 0.160. The normalized spacial score (nSPS) is 14.7. The summed E-state index contributed by atoms with van der Waals surface area (Å²) < 4.78 is 38.3. The van der Waals surface area contributed by atoms with E-state index in [9.17, 15) is 0 Å². The Labute approximate surface area is 258 Å². The molecule has 1 atom stereocenters. The minimum Gasteiger partial charge on any atom is -0.489 e. The molecule has 1 aliphatic carbocycles. The maximum absolute atomic E-state index is 15.1. The Morgan fingerprint density at radius 3 is 2.26 bits per heavy atom. The second-order valence-electron chi connectivity index (χ2n) is 12.5. The molecule has 8 heteroatoms. The first-order chi connectivity index (χ1) is 20.5. The fourth-order valence-electron chi connectivity index (χ4n) is 6.34. The summed E-state index contributed by atoms with van der Waals surface area (Å²) in [7, 11) is 3.98. The lowest BCUT2D eigenvalue weighted by atomic mass is 9.83. The fourth-order valence-corrected chi connectivity index (χ4v) is 8.01. The number of hydrogen-bond acceptors (Lipinski definition) is 6. The minimum absolute atomic E-state index is 0.146. The van der Waals surface area contributed by atoms with Crippen molar-refractivity contribution in [2.24, 2.45) is 5.92 Å². The van der Waals surface area contributed by atoms with Crippen LogP contribution >= 0.6 is 8.38 Å². The van der Waals surface area contributed by atoms with E-state index >= 15 is 4.39 Å². The Morgan fingerprint density at radius 2 is 1.65 bits per heavy atom. The van der Waals surface area contributed by atoms with Gasteiger partial charge in [0.15, 0.2) is 8.38 Å². The van der Waals surface area contributed by atoms with Crippen LogP contribution in [0, 0.1) is 11.7 Å². The number of rotatable bonds is 15. The first-order valence-electron chi connectivity index (χ1n) is 15.2. The van der Waals surface area contributed by atoms with Crippen molar-refractivity contribution in [3.8, 4) is 22.8 Å². The van der Waals surface area contributed by atoms with E-state index in [-0.39, 0.29) is 11.0 Å². The van der Waals surface area contributed by atoms with Gasteiger partial charge < -0.3 is 18.5 Å². The smallest absolute Gasteiger partial charge is 0.213 e. The van der Waals surface area contributed by atoms with Gasteiger partial charge in [-0.1, -0.05) is 44.2 Å². The van der Waals surface area contributed by atoms with Crippen LogP contribution in [0.5, 0.6) is 11.6 Å². The molecule has 1 fully saturated rings. The number of nitrogens with zero attached hydrogens (tertiary/aromatic N) is 2. The van der Waals surface area contributed by atoms with Gasteiger partial charge >= 0.3 is 0 Å². The van der Waals surface area contributed by atoms with Crippen LogP contribution in [-0.4, -0.2) is 48.5 Å². The highest BCUT2D eigenvalue weighted by Crippen LogP contribution is 2.62. The van der Waals surface area contributed by atoms with Gasteiger partial charge in [-0.3, -0.25) is 4.90 Å². The summed E-state index contributed by atoms with van der Waals surface area (Å²) in [5.41, 5.74) is 4.63. The van der Waals surface area contributed by atoms with Crippen molar-refractivity contribution >= 4 is 8.38 Å². The van der Waals surface area contributed by atoms with E-state index in [1.807, 2.05) is 18.2 Å². The van der Waals surface area contributed by atoms with Crippen LogP contribution in [-0.2, 0) is 22.2 Å². The molecule has 1 saturated carbocycles. The van der Waals surface area contributed by atoms with E-state index < -0.39 is 8.38 Å². The number of methoxy groups -OCH3 is 1. The lowest BCUT2D eigenvalue weighted by Gasteiger charge is -2.39. The lowest BCUT2D eigenvalue weighted by molar-refractivity contribution is 0.166. The average molecular weight is 611 g/mol. The molecule has 3 aromatic rings. The molecule has 2 aromatic carbocycles. The van der Waals surface area contributed by atoms with Crippen molar-refractivity contribution in [1.82, 2.24) is 9.88 Å². The van der Waals surface area contributed by atoms with Gasteiger partial charge in [-0.2, -0.15) is 0 Å². The second kappa shape index (κ2) is 14.5. The van der Waals surface area contributed by atoms with E-state index in [2.05, 4.69) is 75.7 Å².